The molecule has 0 saturated carbocycles. The van der Waals surface area contributed by atoms with E-state index in [0.29, 0.717) is 22.3 Å². The highest BCUT2D eigenvalue weighted by Crippen LogP contribution is 2.36. The van der Waals surface area contributed by atoms with E-state index in [0.717, 1.165) is 29.8 Å². The number of nitrogens with one attached hydrogen (secondary N) is 1. The summed E-state index contributed by atoms with van der Waals surface area (Å²) in [5.74, 6) is 0.227. The fourth-order valence-corrected chi connectivity index (χ4v) is 5.44. The van der Waals surface area contributed by atoms with Crippen molar-refractivity contribution in [1.82, 2.24) is 14.8 Å². The van der Waals surface area contributed by atoms with Crippen LogP contribution in [0.15, 0.2) is 83.9 Å². The second-order valence-corrected chi connectivity index (χ2v) is 9.65. The first-order valence-corrected chi connectivity index (χ1v) is 13.2. The number of allylic oxidation sites excluding steroid dienone is 1. The highest BCUT2D eigenvalue weighted by atomic mass is 32.2. The summed E-state index contributed by atoms with van der Waals surface area (Å²) in [5, 5.41) is 14.5. The van der Waals surface area contributed by atoms with E-state index in [2.05, 4.69) is 34.2 Å². The third-order valence-electron chi connectivity index (χ3n) is 5.44. The fraction of sp³-hybridized carbons (Fsp3) is 0.185. The lowest BCUT2D eigenvalue weighted by Crippen LogP contribution is -2.16. The van der Waals surface area contributed by atoms with Crippen LogP contribution in [0.2, 0.25) is 0 Å². The number of hydrogen-bond acceptors (Lipinski definition) is 7. The molecular formula is C27H26N4O3S2. The molecule has 0 atom stereocenters. The molecule has 1 N–H and O–H groups in total. The highest BCUT2D eigenvalue weighted by Gasteiger charge is 2.22. The summed E-state index contributed by atoms with van der Waals surface area (Å²) in [7, 11) is 1.33. The Morgan fingerprint density at radius 3 is 2.50 bits per heavy atom. The molecule has 0 aliphatic heterocycles. The molecule has 36 heavy (non-hydrogen) atoms. The maximum absolute atomic E-state index is 12.8. The predicted molar refractivity (Wildman–Crippen MR) is 145 cm³/mol. The van der Waals surface area contributed by atoms with Gasteiger partial charge in [-0.2, -0.15) is 0 Å². The lowest BCUT2D eigenvalue weighted by atomic mass is 10.0. The SMILES string of the molecule is C=CCn1c(CCc2ccccc2)nnc1SCC(=O)Nc1scc(-c2ccccc2)c1C(=O)OC. The van der Waals surface area contributed by atoms with E-state index in [-0.39, 0.29) is 11.7 Å². The van der Waals surface area contributed by atoms with Crippen molar-refractivity contribution in [2.75, 3.05) is 18.2 Å². The Hall–Kier alpha value is -3.69. The van der Waals surface area contributed by atoms with Gasteiger partial charge < -0.3 is 14.6 Å². The first kappa shape index (κ1) is 25.4. The number of carbonyl (C=O) groups is 2. The molecule has 0 aliphatic carbocycles. The number of nitrogens with zero attached hydrogens (tertiary/aromatic N) is 3. The number of thioether (sulfide) groups is 1. The van der Waals surface area contributed by atoms with Gasteiger partial charge in [0.2, 0.25) is 5.91 Å². The van der Waals surface area contributed by atoms with E-state index in [1.165, 1.54) is 35.8 Å². The van der Waals surface area contributed by atoms with E-state index in [4.69, 9.17) is 4.74 Å². The number of aromatic nitrogens is 3. The average Bonchev–Trinajstić information content (AvgIpc) is 3.51. The van der Waals surface area contributed by atoms with Crippen LogP contribution < -0.4 is 5.32 Å². The Balaban J connectivity index is 1.44. The summed E-state index contributed by atoms with van der Waals surface area (Å²) in [6, 6.07) is 19.7. The Labute approximate surface area is 218 Å². The number of amides is 1. The lowest BCUT2D eigenvalue weighted by molar-refractivity contribution is -0.113. The number of rotatable bonds is 11. The molecule has 2 aromatic heterocycles. The van der Waals surface area contributed by atoms with E-state index in [9.17, 15) is 9.59 Å². The molecule has 9 heteroatoms. The van der Waals surface area contributed by atoms with Gasteiger partial charge in [-0.1, -0.05) is 78.5 Å². The molecule has 0 aliphatic rings. The molecule has 0 unspecified atom stereocenters. The van der Waals surface area contributed by atoms with Gasteiger partial charge in [0.1, 0.15) is 16.4 Å². The normalized spacial score (nSPS) is 10.7. The number of esters is 1. The summed E-state index contributed by atoms with van der Waals surface area (Å²) in [4.78, 5) is 25.4. The number of ether oxygens (including phenoxy) is 1. The van der Waals surface area contributed by atoms with Gasteiger partial charge in [0.25, 0.3) is 0 Å². The number of carbonyl (C=O) groups excluding carboxylic acids is 2. The smallest absolute Gasteiger partial charge is 0.341 e. The Kier molecular flexibility index (Phi) is 8.70. The highest BCUT2D eigenvalue weighted by molar-refractivity contribution is 7.99. The van der Waals surface area contributed by atoms with Crippen molar-refractivity contribution in [2.45, 2.75) is 24.5 Å². The fourth-order valence-electron chi connectivity index (χ4n) is 3.70. The molecule has 1 amide bonds. The van der Waals surface area contributed by atoms with Crippen LogP contribution in [0.5, 0.6) is 0 Å². The Bertz CT molecular complexity index is 1330. The topological polar surface area (TPSA) is 86.1 Å². The molecule has 0 spiro atoms. The van der Waals surface area contributed by atoms with Gasteiger partial charge in [0.05, 0.1) is 12.9 Å². The van der Waals surface area contributed by atoms with Gasteiger partial charge in [-0.25, -0.2) is 4.79 Å². The van der Waals surface area contributed by atoms with Crippen molar-refractivity contribution in [1.29, 1.82) is 0 Å². The van der Waals surface area contributed by atoms with Crippen LogP contribution in [0.1, 0.15) is 21.7 Å². The van der Waals surface area contributed by atoms with Crippen LogP contribution in [0.25, 0.3) is 11.1 Å². The number of methoxy groups -OCH3 is 1. The second kappa shape index (κ2) is 12.3. The molecular weight excluding hydrogens is 492 g/mol. The number of thiophene rings is 1. The molecule has 184 valence electrons. The predicted octanol–water partition coefficient (Wildman–Crippen LogP) is 5.50. The summed E-state index contributed by atoms with van der Waals surface area (Å²) < 4.78 is 6.97. The first-order valence-electron chi connectivity index (χ1n) is 11.4. The minimum atomic E-state index is -0.494. The van der Waals surface area contributed by atoms with Gasteiger partial charge in [0.15, 0.2) is 5.16 Å². The van der Waals surface area contributed by atoms with E-state index >= 15 is 0 Å². The third kappa shape index (κ3) is 6.10. The zero-order valence-electron chi connectivity index (χ0n) is 19.8. The van der Waals surface area contributed by atoms with Crippen molar-refractivity contribution < 1.29 is 14.3 Å². The standard InChI is InChI=1S/C27H26N4O3S2/c1-3-16-31-22(15-14-19-10-6-4-7-11-19)29-30-27(31)36-18-23(32)28-25-24(26(33)34-2)21(17-35-25)20-12-8-5-9-13-20/h3-13,17H,1,14-16,18H2,2H3,(H,28,32). The van der Waals surface area contributed by atoms with Crippen molar-refractivity contribution in [3.8, 4) is 11.1 Å². The van der Waals surface area contributed by atoms with Crippen LogP contribution in [-0.2, 0) is 28.9 Å². The van der Waals surface area contributed by atoms with Crippen molar-refractivity contribution in [3.05, 3.63) is 95.6 Å². The van der Waals surface area contributed by atoms with Crippen molar-refractivity contribution >= 4 is 40.0 Å². The van der Waals surface area contributed by atoms with Crippen LogP contribution >= 0.6 is 23.1 Å². The van der Waals surface area contributed by atoms with Crippen LogP contribution in [0.4, 0.5) is 5.00 Å². The molecule has 2 aromatic carbocycles. The molecule has 0 saturated heterocycles. The second-order valence-electron chi connectivity index (χ2n) is 7.83. The molecule has 0 bridgehead atoms. The number of aryl methyl sites for hydroxylation is 2. The maximum atomic E-state index is 12.8. The molecule has 0 fully saturated rings. The number of benzene rings is 2. The quantitative estimate of drug-likeness (QED) is 0.160. The zero-order valence-corrected chi connectivity index (χ0v) is 21.5. The average molecular weight is 519 g/mol. The molecule has 2 heterocycles. The van der Waals surface area contributed by atoms with Gasteiger partial charge in [-0.3, -0.25) is 4.79 Å². The summed E-state index contributed by atoms with van der Waals surface area (Å²) in [6.45, 7) is 4.40. The van der Waals surface area contributed by atoms with Gasteiger partial charge in [-0.05, 0) is 17.5 Å². The molecule has 4 rings (SSSR count). The zero-order chi connectivity index (χ0) is 25.3. The molecule has 7 nitrogen and oxygen atoms in total. The van der Waals surface area contributed by atoms with Crippen LogP contribution in [0, 0.1) is 0 Å². The van der Waals surface area contributed by atoms with E-state index in [1.807, 2.05) is 58.5 Å². The van der Waals surface area contributed by atoms with Gasteiger partial charge in [0, 0.05) is 23.9 Å². The van der Waals surface area contributed by atoms with E-state index < -0.39 is 5.97 Å². The van der Waals surface area contributed by atoms with Gasteiger partial charge in [-0.15, -0.1) is 28.1 Å². The van der Waals surface area contributed by atoms with E-state index in [1.54, 1.807) is 6.08 Å². The van der Waals surface area contributed by atoms with Crippen LogP contribution in [0.3, 0.4) is 0 Å². The van der Waals surface area contributed by atoms with Crippen molar-refractivity contribution in [3.63, 3.8) is 0 Å². The third-order valence-corrected chi connectivity index (χ3v) is 7.30. The van der Waals surface area contributed by atoms with Gasteiger partial charge >= 0.3 is 5.97 Å². The van der Waals surface area contributed by atoms with Crippen molar-refractivity contribution in [2.24, 2.45) is 0 Å². The summed E-state index contributed by atoms with van der Waals surface area (Å²) in [5.41, 5.74) is 3.19. The Morgan fingerprint density at radius 1 is 1.08 bits per heavy atom. The molecule has 4 aromatic rings. The Morgan fingerprint density at radius 2 is 1.81 bits per heavy atom. The minimum Gasteiger partial charge on any atom is -0.465 e. The van der Waals surface area contributed by atoms with Crippen LogP contribution in [-0.4, -0.2) is 39.5 Å². The maximum Gasteiger partial charge on any atom is 0.341 e. The monoisotopic (exact) mass is 518 g/mol. The minimum absolute atomic E-state index is 0.118. The summed E-state index contributed by atoms with van der Waals surface area (Å²) in [6.07, 6.45) is 3.37. The lowest BCUT2D eigenvalue weighted by Gasteiger charge is -2.09. The number of hydrogen-bond donors (Lipinski definition) is 1. The number of anilines is 1. The largest absolute Gasteiger partial charge is 0.465 e. The molecule has 0 radical (unpaired) electrons. The summed E-state index contributed by atoms with van der Waals surface area (Å²) >= 11 is 2.59. The first-order chi connectivity index (χ1) is 17.6.